The summed E-state index contributed by atoms with van der Waals surface area (Å²) in [5.41, 5.74) is 10.7. The van der Waals surface area contributed by atoms with E-state index in [0.717, 1.165) is 11.1 Å². The third kappa shape index (κ3) is 7.70. The Hall–Kier alpha value is -4.31. The lowest BCUT2D eigenvalue weighted by Gasteiger charge is -2.32. The molecule has 0 aliphatic carbocycles. The minimum Gasteiger partial charge on any atom is -0.497 e. The average Bonchev–Trinajstić information content (AvgIpc) is 3.51. The van der Waals surface area contributed by atoms with Gasteiger partial charge in [-0.1, -0.05) is 37.3 Å². The van der Waals surface area contributed by atoms with Crippen molar-refractivity contribution in [1.82, 2.24) is 14.5 Å². The van der Waals surface area contributed by atoms with Gasteiger partial charge in [-0.2, -0.15) is 0 Å². The van der Waals surface area contributed by atoms with Crippen molar-refractivity contribution in [3.05, 3.63) is 96.4 Å². The molecule has 2 heterocycles. The number of methoxy groups -OCH3 is 1. The zero-order valence-corrected chi connectivity index (χ0v) is 30.7. The zero-order chi connectivity index (χ0) is 35.9. The van der Waals surface area contributed by atoms with E-state index in [-0.39, 0.29) is 31.9 Å². The van der Waals surface area contributed by atoms with E-state index in [0.29, 0.717) is 51.5 Å². The van der Waals surface area contributed by atoms with E-state index in [4.69, 9.17) is 24.0 Å². The lowest BCUT2D eigenvalue weighted by atomic mass is 10.1. The Labute approximate surface area is 292 Å². The van der Waals surface area contributed by atoms with Crippen LogP contribution in [0.2, 0.25) is 0 Å². The van der Waals surface area contributed by atoms with E-state index in [1.54, 1.807) is 70.3 Å². The van der Waals surface area contributed by atoms with Crippen LogP contribution in [0.3, 0.4) is 0 Å². The minimum atomic E-state index is -3.90. The summed E-state index contributed by atoms with van der Waals surface area (Å²) in [6.45, 7) is 7.47. The molecule has 264 valence electrons. The minimum absolute atomic E-state index is 0.112. The largest absolute Gasteiger partial charge is 0.497 e. The molecule has 0 saturated heterocycles. The van der Waals surface area contributed by atoms with Crippen LogP contribution in [0.25, 0.3) is 27.8 Å². The smallest absolute Gasteiger partial charge is 0.347 e. The van der Waals surface area contributed by atoms with Crippen molar-refractivity contribution in [2.24, 2.45) is 0 Å². The molecule has 0 radical (unpaired) electrons. The number of fused-ring (bicyclic) bond motifs is 1. The Morgan fingerprint density at radius 3 is 2.26 bits per heavy atom. The SMILES string of the molecule is CCCP(=O)(OCC)C(c1ccc(NC(=O)c2cccc(-n3cc(-c4cccc(OC)c4)c4c(N)ncnc43)c2)cc1)P(=O)(OCC)OCC. The van der Waals surface area contributed by atoms with Crippen LogP contribution in [0.1, 0.15) is 55.4 Å². The topological polar surface area (TPSA) is 157 Å². The number of anilines is 2. The van der Waals surface area contributed by atoms with Crippen molar-refractivity contribution >= 4 is 43.4 Å². The standard InChI is InChI=1S/C36H43N5O7P2/c1-6-20-49(43,46-7-2)36(50(44,47-8-3)48-9-4)25-16-18-28(19-17-25)40-35(42)27-13-10-14-29(21-27)41-23-31(26-12-11-15-30(22-26)45-5)32-33(37)38-24-39-34(32)41/h10-19,21-24,36H,6-9,20H2,1-5H3,(H,40,42)(H2,37,38,39). The molecule has 5 aromatic rings. The van der Waals surface area contributed by atoms with Crippen LogP contribution in [-0.2, 0) is 22.7 Å². The third-order valence-electron chi connectivity index (χ3n) is 8.02. The number of nitrogens with two attached hydrogens (primary N) is 1. The van der Waals surface area contributed by atoms with Crippen LogP contribution in [0.5, 0.6) is 5.75 Å². The fourth-order valence-corrected chi connectivity index (χ4v) is 12.5. The van der Waals surface area contributed by atoms with Crippen molar-refractivity contribution in [2.75, 3.05) is 44.1 Å². The van der Waals surface area contributed by atoms with Crippen molar-refractivity contribution in [1.29, 1.82) is 0 Å². The highest BCUT2D eigenvalue weighted by Crippen LogP contribution is 2.78. The predicted octanol–water partition coefficient (Wildman–Crippen LogP) is 8.92. The number of nitrogen functional groups attached to an aromatic ring is 1. The summed E-state index contributed by atoms with van der Waals surface area (Å²) in [5.74, 6) is 0.676. The highest BCUT2D eigenvalue weighted by molar-refractivity contribution is 7.74. The van der Waals surface area contributed by atoms with Crippen LogP contribution in [-0.4, -0.2) is 53.5 Å². The number of hydrogen-bond acceptors (Lipinski definition) is 10. The van der Waals surface area contributed by atoms with Crippen LogP contribution < -0.4 is 15.8 Å². The van der Waals surface area contributed by atoms with Gasteiger partial charge in [-0.15, -0.1) is 0 Å². The van der Waals surface area contributed by atoms with E-state index >= 15 is 0 Å². The van der Waals surface area contributed by atoms with Gasteiger partial charge in [0, 0.05) is 34.9 Å². The fraction of sp³-hybridized carbons (Fsp3) is 0.306. The molecule has 2 atom stereocenters. The van der Waals surface area contributed by atoms with Gasteiger partial charge in [0.2, 0.25) is 7.37 Å². The van der Waals surface area contributed by atoms with E-state index < -0.39 is 20.4 Å². The number of rotatable bonds is 16. The first-order chi connectivity index (χ1) is 24.1. The first kappa shape index (κ1) is 37.0. The van der Waals surface area contributed by atoms with Crippen LogP contribution in [0.4, 0.5) is 11.5 Å². The maximum Gasteiger partial charge on any atom is 0.347 e. The van der Waals surface area contributed by atoms with Gasteiger partial charge in [-0.3, -0.25) is 13.9 Å². The number of hydrogen-bond donors (Lipinski definition) is 2. The third-order valence-corrected chi connectivity index (χ3v) is 14.9. The second-order valence-corrected chi connectivity index (χ2v) is 16.5. The monoisotopic (exact) mass is 719 g/mol. The van der Waals surface area contributed by atoms with Crippen LogP contribution in [0.15, 0.2) is 85.3 Å². The molecule has 12 nitrogen and oxygen atoms in total. The molecule has 0 fully saturated rings. The molecule has 2 aromatic heterocycles. The molecule has 5 rings (SSSR count). The number of amides is 1. The molecule has 0 saturated carbocycles. The molecular formula is C36H43N5O7P2. The van der Waals surface area contributed by atoms with Gasteiger partial charge in [-0.05, 0) is 80.8 Å². The molecule has 14 heteroatoms. The highest BCUT2D eigenvalue weighted by Gasteiger charge is 2.49. The van der Waals surface area contributed by atoms with E-state index in [1.807, 2.05) is 48.0 Å². The summed E-state index contributed by atoms with van der Waals surface area (Å²) in [6, 6.07) is 21.5. The van der Waals surface area contributed by atoms with E-state index in [2.05, 4.69) is 15.3 Å². The summed E-state index contributed by atoms with van der Waals surface area (Å²) in [7, 11) is -5.82. The Bertz CT molecular complexity index is 2000. The maximum absolute atomic E-state index is 14.3. The molecular weight excluding hydrogens is 676 g/mol. The molecule has 0 aliphatic heterocycles. The molecule has 2 unspecified atom stereocenters. The zero-order valence-electron chi connectivity index (χ0n) is 28.9. The van der Waals surface area contributed by atoms with Gasteiger partial charge in [-0.25, -0.2) is 9.97 Å². The second kappa shape index (κ2) is 16.1. The number of carbonyl (C=O) groups excluding carboxylic acids is 1. The van der Waals surface area contributed by atoms with Gasteiger partial charge in [0.05, 0.1) is 32.3 Å². The average molecular weight is 720 g/mol. The summed E-state index contributed by atoms with van der Waals surface area (Å²) < 4.78 is 52.9. The van der Waals surface area contributed by atoms with Crippen molar-refractivity contribution in [3.8, 4) is 22.6 Å². The molecule has 50 heavy (non-hydrogen) atoms. The van der Waals surface area contributed by atoms with Gasteiger partial charge >= 0.3 is 7.60 Å². The van der Waals surface area contributed by atoms with E-state index in [9.17, 15) is 13.9 Å². The second-order valence-electron chi connectivity index (χ2n) is 11.3. The summed E-state index contributed by atoms with van der Waals surface area (Å²) in [6.07, 6.45) is 4.09. The van der Waals surface area contributed by atoms with Gasteiger partial charge in [0.1, 0.15) is 17.9 Å². The molecule has 1 amide bonds. The Balaban J connectivity index is 1.46. The van der Waals surface area contributed by atoms with E-state index in [1.165, 1.54) is 6.33 Å². The van der Waals surface area contributed by atoms with Crippen LogP contribution >= 0.6 is 15.0 Å². The quantitative estimate of drug-likeness (QED) is 0.0944. The molecule has 3 aromatic carbocycles. The number of aromatic nitrogens is 3. The van der Waals surface area contributed by atoms with Crippen molar-refractivity contribution < 1.29 is 32.2 Å². The van der Waals surface area contributed by atoms with Crippen molar-refractivity contribution in [3.63, 3.8) is 0 Å². The molecule has 0 bridgehead atoms. The number of nitrogens with one attached hydrogen (secondary N) is 1. The predicted molar refractivity (Wildman–Crippen MR) is 198 cm³/mol. The Kier molecular flexibility index (Phi) is 11.9. The normalized spacial score (nSPS) is 13.5. The summed E-state index contributed by atoms with van der Waals surface area (Å²) in [4.78, 5) is 22.3. The first-order valence-electron chi connectivity index (χ1n) is 16.5. The van der Waals surface area contributed by atoms with Gasteiger partial charge in [0.15, 0.2) is 11.0 Å². The molecule has 0 spiro atoms. The summed E-state index contributed by atoms with van der Waals surface area (Å²) in [5, 5.41) is 2.49. The highest BCUT2D eigenvalue weighted by atomic mass is 31.2. The van der Waals surface area contributed by atoms with Crippen LogP contribution in [0, 0.1) is 0 Å². The number of nitrogens with zero attached hydrogens (tertiary/aromatic N) is 3. The molecule has 0 aliphatic rings. The number of carbonyl (C=O) groups is 1. The Morgan fingerprint density at radius 2 is 1.60 bits per heavy atom. The summed E-state index contributed by atoms with van der Waals surface area (Å²) >= 11 is 0. The van der Waals surface area contributed by atoms with Gasteiger partial charge < -0.3 is 33.9 Å². The first-order valence-corrected chi connectivity index (χ1v) is 20.0. The van der Waals surface area contributed by atoms with Crippen molar-refractivity contribution in [2.45, 2.75) is 39.5 Å². The van der Waals surface area contributed by atoms with Gasteiger partial charge in [0.25, 0.3) is 5.91 Å². The lowest BCUT2D eigenvalue weighted by molar-refractivity contribution is 0.102. The maximum atomic E-state index is 14.3. The fourth-order valence-electron chi connectivity index (χ4n) is 5.98. The Morgan fingerprint density at radius 1 is 0.900 bits per heavy atom. The number of benzene rings is 3. The molecule has 3 N–H and O–H groups in total. The lowest BCUT2D eigenvalue weighted by Crippen LogP contribution is -2.13. The number of ether oxygens (including phenoxy) is 1.